The summed E-state index contributed by atoms with van der Waals surface area (Å²) in [5.41, 5.74) is -0.926. The molecule has 0 bridgehead atoms. The average molecular weight is 440 g/mol. The van der Waals surface area contributed by atoms with E-state index < -0.39 is 25.9 Å². The fourth-order valence-electron chi connectivity index (χ4n) is 4.79. The minimum absolute atomic E-state index is 0.0834. The van der Waals surface area contributed by atoms with Crippen LogP contribution >= 0.6 is 0 Å². The van der Waals surface area contributed by atoms with Gasteiger partial charge in [0.05, 0.1) is 24.9 Å². The largest absolute Gasteiger partial charge is 0.406 e. The van der Waals surface area contributed by atoms with Crippen LogP contribution in [0, 0.1) is 16.7 Å². The van der Waals surface area contributed by atoms with Gasteiger partial charge in [0.25, 0.3) is 8.32 Å². The molecule has 3 rings (SSSR count). The predicted molar refractivity (Wildman–Crippen MR) is 124 cm³/mol. The van der Waals surface area contributed by atoms with Crippen molar-refractivity contribution in [3.8, 4) is 6.07 Å². The van der Waals surface area contributed by atoms with Crippen LogP contribution in [0.5, 0.6) is 0 Å². The standard InChI is InChI=1S/C25H33NO4Si/c1-24(2,3)31(21-11-7-5-8-12-21,22-13-9-6-10-14-22)30-18-25(17-26)16-20(27)15-23(25)29-19-28-4/h5-14,20,23,27H,15-16,18-19H2,1-4H3/t20-,23+,25+/m0/s1. The van der Waals surface area contributed by atoms with Crippen LogP contribution in [0.2, 0.25) is 5.04 Å². The van der Waals surface area contributed by atoms with Crippen LogP contribution < -0.4 is 10.4 Å². The summed E-state index contributed by atoms with van der Waals surface area (Å²) in [6, 6.07) is 23.2. The molecule has 1 aliphatic carbocycles. The lowest BCUT2D eigenvalue weighted by Crippen LogP contribution is -2.67. The topological polar surface area (TPSA) is 71.7 Å². The molecule has 0 saturated heterocycles. The number of aliphatic hydroxyl groups is 1. The van der Waals surface area contributed by atoms with E-state index in [1.165, 1.54) is 0 Å². The van der Waals surface area contributed by atoms with Gasteiger partial charge in [0, 0.05) is 13.5 Å². The summed E-state index contributed by atoms with van der Waals surface area (Å²) in [6.45, 7) is 6.91. The Kier molecular flexibility index (Phi) is 7.35. The maximum absolute atomic E-state index is 10.4. The molecule has 31 heavy (non-hydrogen) atoms. The number of ether oxygens (including phenoxy) is 2. The van der Waals surface area contributed by atoms with Crippen molar-refractivity contribution in [2.75, 3.05) is 20.5 Å². The van der Waals surface area contributed by atoms with E-state index in [-0.39, 0.29) is 18.4 Å². The zero-order chi connectivity index (χ0) is 22.5. The minimum Gasteiger partial charge on any atom is -0.406 e. The van der Waals surface area contributed by atoms with Crippen LogP contribution in [-0.2, 0) is 13.9 Å². The number of rotatable bonds is 8. The van der Waals surface area contributed by atoms with E-state index in [2.05, 4.69) is 51.1 Å². The molecule has 0 amide bonds. The van der Waals surface area contributed by atoms with E-state index in [0.29, 0.717) is 12.8 Å². The molecule has 2 aromatic carbocycles. The highest BCUT2D eigenvalue weighted by Crippen LogP contribution is 2.43. The maximum atomic E-state index is 10.4. The van der Waals surface area contributed by atoms with Crippen molar-refractivity contribution in [2.45, 2.75) is 50.9 Å². The summed E-state index contributed by atoms with van der Waals surface area (Å²) in [4.78, 5) is 0. The van der Waals surface area contributed by atoms with E-state index >= 15 is 0 Å². The van der Waals surface area contributed by atoms with Crippen LogP contribution in [0.3, 0.4) is 0 Å². The third kappa shape index (κ3) is 4.62. The van der Waals surface area contributed by atoms with Crippen molar-refractivity contribution in [3.63, 3.8) is 0 Å². The van der Waals surface area contributed by atoms with Crippen molar-refractivity contribution in [1.82, 2.24) is 0 Å². The maximum Gasteiger partial charge on any atom is 0.261 e. The molecule has 5 nitrogen and oxygen atoms in total. The van der Waals surface area contributed by atoms with Crippen LogP contribution in [0.4, 0.5) is 0 Å². The van der Waals surface area contributed by atoms with Gasteiger partial charge in [0.1, 0.15) is 12.2 Å². The Hall–Kier alpha value is -2.01. The molecule has 2 aromatic rings. The highest BCUT2D eigenvalue weighted by atomic mass is 28.4. The smallest absolute Gasteiger partial charge is 0.261 e. The Morgan fingerprint density at radius 2 is 1.61 bits per heavy atom. The molecule has 0 heterocycles. The Morgan fingerprint density at radius 1 is 1.06 bits per heavy atom. The molecule has 1 N–H and O–H groups in total. The lowest BCUT2D eigenvalue weighted by molar-refractivity contribution is -0.103. The highest BCUT2D eigenvalue weighted by Gasteiger charge is 2.54. The van der Waals surface area contributed by atoms with E-state index in [1.807, 2.05) is 36.4 Å². The first-order valence-electron chi connectivity index (χ1n) is 10.7. The van der Waals surface area contributed by atoms with Gasteiger partial charge in [-0.3, -0.25) is 0 Å². The third-order valence-corrected chi connectivity index (χ3v) is 11.3. The molecule has 166 valence electrons. The SMILES string of the molecule is COCO[C@@H]1C[C@H](O)C[C@@]1(C#N)CO[Si](c1ccccc1)(c1ccccc1)C(C)(C)C. The number of nitrogens with zero attached hydrogens (tertiary/aromatic N) is 1. The molecule has 0 radical (unpaired) electrons. The van der Waals surface area contributed by atoms with Crippen molar-refractivity contribution >= 4 is 18.7 Å². The lowest BCUT2D eigenvalue weighted by Gasteiger charge is -2.44. The van der Waals surface area contributed by atoms with Gasteiger partial charge in [-0.2, -0.15) is 5.26 Å². The fourth-order valence-corrected chi connectivity index (χ4v) is 9.42. The van der Waals surface area contributed by atoms with E-state index in [4.69, 9.17) is 13.9 Å². The number of methoxy groups -OCH3 is 1. The normalized spacial score (nSPS) is 24.1. The summed E-state index contributed by atoms with van der Waals surface area (Å²) in [7, 11) is -1.23. The van der Waals surface area contributed by atoms with Gasteiger partial charge in [-0.15, -0.1) is 0 Å². The first-order valence-corrected chi connectivity index (χ1v) is 12.6. The summed E-state index contributed by atoms with van der Waals surface area (Å²) < 4.78 is 17.9. The summed E-state index contributed by atoms with van der Waals surface area (Å²) in [5, 5.41) is 22.7. The molecule has 0 unspecified atom stereocenters. The first-order chi connectivity index (χ1) is 14.8. The Bertz CT molecular complexity index is 838. The van der Waals surface area contributed by atoms with E-state index in [1.54, 1.807) is 7.11 Å². The van der Waals surface area contributed by atoms with Gasteiger partial charge in [-0.05, 0) is 21.8 Å². The molecule has 0 aromatic heterocycles. The first kappa shape index (κ1) is 23.6. The molecule has 0 aliphatic heterocycles. The van der Waals surface area contributed by atoms with Crippen LogP contribution in [-0.4, -0.2) is 46.1 Å². The third-order valence-electron chi connectivity index (χ3n) is 6.28. The molecular weight excluding hydrogens is 406 g/mol. The van der Waals surface area contributed by atoms with Gasteiger partial charge < -0.3 is 19.0 Å². The number of hydrogen-bond acceptors (Lipinski definition) is 5. The fraction of sp³-hybridized carbons (Fsp3) is 0.480. The van der Waals surface area contributed by atoms with Gasteiger partial charge in [-0.1, -0.05) is 81.4 Å². The Labute approximate surface area is 186 Å². The van der Waals surface area contributed by atoms with Gasteiger partial charge in [-0.25, -0.2) is 0 Å². The van der Waals surface area contributed by atoms with Gasteiger partial charge in [0.2, 0.25) is 0 Å². The molecule has 0 spiro atoms. The van der Waals surface area contributed by atoms with Crippen LogP contribution in [0.1, 0.15) is 33.6 Å². The predicted octanol–water partition coefficient (Wildman–Crippen LogP) is 3.22. The van der Waals surface area contributed by atoms with Crippen molar-refractivity contribution in [1.29, 1.82) is 5.26 Å². The molecule has 3 atom stereocenters. The minimum atomic E-state index is -2.78. The van der Waals surface area contributed by atoms with Gasteiger partial charge in [0.15, 0.2) is 0 Å². The second-order valence-electron chi connectivity index (χ2n) is 9.38. The van der Waals surface area contributed by atoms with Crippen molar-refractivity contribution in [3.05, 3.63) is 60.7 Å². The number of hydrogen-bond donors (Lipinski definition) is 1. The average Bonchev–Trinajstić information content (AvgIpc) is 3.09. The number of nitriles is 1. The molecule has 1 saturated carbocycles. The lowest BCUT2D eigenvalue weighted by atomic mass is 9.87. The quantitative estimate of drug-likeness (QED) is 0.505. The van der Waals surface area contributed by atoms with E-state index in [9.17, 15) is 10.4 Å². The Balaban J connectivity index is 2.06. The van der Waals surface area contributed by atoms with Crippen LogP contribution in [0.15, 0.2) is 60.7 Å². The second-order valence-corrected chi connectivity index (χ2v) is 13.7. The molecular formula is C25H33NO4Si. The number of aliphatic hydroxyl groups excluding tert-OH is 1. The van der Waals surface area contributed by atoms with Crippen molar-refractivity contribution < 1.29 is 19.0 Å². The molecule has 1 aliphatic rings. The van der Waals surface area contributed by atoms with Gasteiger partial charge >= 0.3 is 0 Å². The summed E-state index contributed by atoms with van der Waals surface area (Å²) >= 11 is 0. The summed E-state index contributed by atoms with van der Waals surface area (Å²) in [6.07, 6.45) is -0.299. The summed E-state index contributed by atoms with van der Waals surface area (Å²) in [5.74, 6) is 0. The van der Waals surface area contributed by atoms with Crippen LogP contribution in [0.25, 0.3) is 0 Å². The molecule has 6 heteroatoms. The molecule has 1 fully saturated rings. The Morgan fingerprint density at radius 3 is 2.06 bits per heavy atom. The zero-order valence-electron chi connectivity index (χ0n) is 18.9. The highest BCUT2D eigenvalue weighted by molar-refractivity contribution is 6.99. The van der Waals surface area contributed by atoms with E-state index in [0.717, 1.165) is 10.4 Å². The monoisotopic (exact) mass is 439 g/mol. The second kappa shape index (κ2) is 9.64. The zero-order valence-corrected chi connectivity index (χ0v) is 19.9. The number of benzene rings is 2. The van der Waals surface area contributed by atoms with Crippen molar-refractivity contribution in [2.24, 2.45) is 5.41 Å².